The van der Waals surface area contributed by atoms with Crippen LogP contribution in [0.15, 0.2) is 6.07 Å². The van der Waals surface area contributed by atoms with Crippen LogP contribution in [0.2, 0.25) is 0 Å². The van der Waals surface area contributed by atoms with Crippen molar-refractivity contribution in [1.29, 1.82) is 0 Å². The van der Waals surface area contributed by atoms with Crippen molar-refractivity contribution in [3.05, 3.63) is 17.5 Å². The first-order chi connectivity index (χ1) is 15.4. The second-order valence-electron chi connectivity index (χ2n) is 9.23. The number of hydrogen-bond donors (Lipinski definition) is 2. The summed E-state index contributed by atoms with van der Waals surface area (Å²) in [6, 6.07) is 1.69. The number of nitrogens with zero attached hydrogens (tertiary/aromatic N) is 4. The van der Waals surface area contributed by atoms with Crippen LogP contribution < -0.4 is 10.6 Å². The van der Waals surface area contributed by atoms with Gasteiger partial charge in [-0.2, -0.15) is 5.10 Å². The fourth-order valence-corrected chi connectivity index (χ4v) is 4.67. The molecule has 176 valence electrons. The van der Waals surface area contributed by atoms with E-state index in [1.54, 1.807) is 14.0 Å². The molecule has 1 saturated heterocycles. The van der Waals surface area contributed by atoms with Gasteiger partial charge in [0, 0.05) is 38.8 Å². The van der Waals surface area contributed by atoms with Gasteiger partial charge in [0.05, 0.1) is 19.8 Å². The molecule has 2 aliphatic heterocycles. The molecule has 2 fully saturated rings. The number of rotatable bonds is 7. The predicted octanol–water partition coefficient (Wildman–Crippen LogP) is 0.238. The van der Waals surface area contributed by atoms with E-state index in [4.69, 9.17) is 4.74 Å². The van der Waals surface area contributed by atoms with Crippen LogP contribution in [0.3, 0.4) is 0 Å². The molecule has 3 aliphatic rings. The Labute approximate surface area is 188 Å². The molecule has 0 spiro atoms. The summed E-state index contributed by atoms with van der Waals surface area (Å²) in [5, 5.41) is 10.3. The molecule has 1 aromatic rings. The first-order valence-electron chi connectivity index (χ1n) is 11.6. The topological polar surface area (TPSA) is 109 Å². The van der Waals surface area contributed by atoms with Crippen LogP contribution in [0.5, 0.6) is 0 Å². The number of aromatic nitrogens is 2. The maximum absolute atomic E-state index is 13.0. The number of amides is 3. The summed E-state index contributed by atoms with van der Waals surface area (Å²) in [5.74, 6) is -0.781. The molecule has 10 heteroatoms. The number of hydrogen-bond acceptors (Lipinski definition) is 6. The Balaban J connectivity index is 1.36. The van der Waals surface area contributed by atoms with E-state index < -0.39 is 5.54 Å². The number of likely N-dealkylation sites (N-methyl/N-ethyl adjacent to an activating group) is 1. The quantitative estimate of drug-likeness (QED) is 0.581. The minimum atomic E-state index is -1.05. The highest BCUT2D eigenvalue weighted by molar-refractivity contribution is 6.01. The standard InChI is InChI=1S/C22H34N6O4/c1-22(21(31)24-16-6-3-4-7-16)15-28-18(20(30)26(22)2)14-17(25-28)19(29)23-8-5-9-27-10-12-32-13-11-27/h14,16H,3-13,15H2,1-2H3,(H,23,29)(H,24,31)/t22-/m0/s1. The Hall–Kier alpha value is -2.46. The number of fused-ring (bicyclic) bond motifs is 1. The largest absolute Gasteiger partial charge is 0.379 e. The van der Waals surface area contributed by atoms with E-state index in [9.17, 15) is 14.4 Å². The van der Waals surface area contributed by atoms with Crippen molar-refractivity contribution >= 4 is 17.7 Å². The molecule has 1 saturated carbocycles. The number of ether oxygens (including phenoxy) is 1. The summed E-state index contributed by atoms with van der Waals surface area (Å²) in [7, 11) is 1.64. The lowest BCUT2D eigenvalue weighted by atomic mass is 9.95. The normalized spacial score (nSPS) is 24.4. The Morgan fingerprint density at radius 1 is 1.25 bits per heavy atom. The molecule has 10 nitrogen and oxygen atoms in total. The van der Waals surface area contributed by atoms with Crippen molar-refractivity contribution in [3.8, 4) is 0 Å². The molecule has 0 unspecified atom stereocenters. The Bertz CT molecular complexity index is 859. The van der Waals surface area contributed by atoms with E-state index in [2.05, 4.69) is 20.6 Å². The zero-order chi connectivity index (χ0) is 22.7. The third-order valence-corrected chi connectivity index (χ3v) is 6.95. The monoisotopic (exact) mass is 446 g/mol. The average molecular weight is 447 g/mol. The molecule has 0 radical (unpaired) electrons. The van der Waals surface area contributed by atoms with Gasteiger partial charge in [-0.3, -0.25) is 24.0 Å². The van der Waals surface area contributed by atoms with Gasteiger partial charge in [0.2, 0.25) is 5.91 Å². The van der Waals surface area contributed by atoms with Crippen molar-refractivity contribution in [2.24, 2.45) is 0 Å². The zero-order valence-electron chi connectivity index (χ0n) is 19.1. The third kappa shape index (κ3) is 4.66. The minimum absolute atomic E-state index is 0.167. The van der Waals surface area contributed by atoms with Gasteiger partial charge in [0.15, 0.2) is 5.69 Å². The van der Waals surface area contributed by atoms with E-state index >= 15 is 0 Å². The van der Waals surface area contributed by atoms with Crippen LogP contribution in [-0.4, -0.2) is 95.3 Å². The van der Waals surface area contributed by atoms with Gasteiger partial charge in [-0.25, -0.2) is 0 Å². The van der Waals surface area contributed by atoms with Crippen LogP contribution in [0.25, 0.3) is 0 Å². The molecule has 1 aromatic heterocycles. The van der Waals surface area contributed by atoms with Gasteiger partial charge >= 0.3 is 0 Å². The molecule has 1 aliphatic carbocycles. The Kier molecular flexibility index (Phi) is 6.80. The smallest absolute Gasteiger partial charge is 0.272 e. The fourth-order valence-electron chi connectivity index (χ4n) is 4.67. The van der Waals surface area contributed by atoms with Gasteiger partial charge in [-0.1, -0.05) is 12.8 Å². The number of carbonyl (C=O) groups excluding carboxylic acids is 3. The van der Waals surface area contributed by atoms with E-state index in [0.29, 0.717) is 12.2 Å². The molecule has 2 N–H and O–H groups in total. The van der Waals surface area contributed by atoms with E-state index in [1.165, 1.54) is 15.6 Å². The Morgan fingerprint density at radius 2 is 1.97 bits per heavy atom. The van der Waals surface area contributed by atoms with Gasteiger partial charge < -0.3 is 20.3 Å². The lowest BCUT2D eigenvalue weighted by Crippen LogP contribution is -2.63. The molecule has 4 rings (SSSR count). The molecule has 0 bridgehead atoms. The summed E-state index contributed by atoms with van der Waals surface area (Å²) in [5.41, 5.74) is -0.518. The molecule has 0 aromatic carbocycles. The lowest BCUT2D eigenvalue weighted by Gasteiger charge is -2.41. The van der Waals surface area contributed by atoms with Crippen molar-refractivity contribution in [2.75, 3.05) is 46.4 Å². The summed E-state index contributed by atoms with van der Waals surface area (Å²) >= 11 is 0. The lowest BCUT2D eigenvalue weighted by molar-refractivity contribution is -0.133. The second kappa shape index (κ2) is 9.58. The fraction of sp³-hybridized carbons (Fsp3) is 0.727. The Morgan fingerprint density at radius 3 is 2.69 bits per heavy atom. The molecule has 3 amide bonds. The summed E-state index contributed by atoms with van der Waals surface area (Å²) in [4.78, 5) is 42.4. The zero-order valence-corrected chi connectivity index (χ0v) is 19.1. The van der Waals surface area contributed by atoms with Crippen LogP contribution in [0, 0.1) is 0 Å². The van der Waals surface area contributed by atoms with Crippen molar-refractivity contribution in [2.45, 2.75) is 57.2 Å². The first kappa shape index (κ1) is 22.7. The highest BCUT2D eigenvalue weighted by Gasteiger charge is 2.46. The van der Waals surface area contributed by atoms with Crippen molar-refractivity contribution in [1.82, 2.24) is 30.2 Å². The van der Waals surface area contributed by atoms with E-state index in [1.807, 2.05) is 0 Å². The maximum Gasteiger partial charge on any atom is 0.272 e. The molecule has 1 atom stereocenters. The summed E-state index contributed by atoms with van der Waals surface area (Å²) in [6.45, 7) is 6.77. The minimum Gasteiger partial charge on any atom is -0.379 e. The number of nitrogens with one attached hydrogen (secondary N) is 2. The SMILES string of the molecule is CN1C(=O)c2cc(C(=O)NCCCN3CCOCC3)nn2C[C@@]1(C)C(=O)NC1CCCC1. The van der Waals surface area contributed by atoms with Crippen LogP contribution >= 0.6 is 0 Å². The third-order valence-electron chi connectivity index (χ3n) is 6.95. The average Bonchev–Trinajstić information content (AvgIpc) is 3.45. The summed E-state index contributed by atoms with van der Waals surface area (Å²) in [6.07, 6.45) is 5.01. The highest BCUT2D eigenvalue weighted by atomic mass is 16.5. The molecular weight excluding hydrogens is 412 g/mol. The predicted molar refractivity (Wildman–Crippen MR) is 117 cm³/mol. The van der Waals surface area contributed by atoms with E-state index in [0.717, 1.165) is 65.0 Å². The first-order valence-corrected chi connectivity index (χ1v) is 11.6. The second-order valence-corrected chi connectivity index (χ2v) is 9.23. The van der Waals surface area contributed by atoms with Crippen LogP contribution in [0.4, 0.5) is 0 Å². The van der Waals surface area contributed by atoms with Crippen LogP contribution in [0.1, 0.15) is 60.0 Å². The highest BCUT2D eigenvalue weighted by Crippen LogP contribution is 2.27. The van der Waals surface area contributed by atoms with Gasteiger partial charge in [-0.15, -0.1) is 0 Å². The van der Waals surface area contributed by atoms with E-state index in [-0.39, 0.29) is 36.0 Å². The van der Waals surface area contributed by atoms with Crippen LogP contribution in [-0.2, 0) is 16.1 Å². The van der Waals surface area contributed by atoms with Gasteiger partial charge in [0.1, 0.15) is 11.2 Å². The maximum atomic E-state index is 13.0. The molecular formula is C22H34N6O4. The summed E-state index contributed by atoms with van der Waals surface area (Å²) < 4.78 is 6.84. The van der Waals surface area contributed by atoms with Gasteiger partial charge in [-0.05, 0) is 32.7 Å². The van der Waals surface area contributed by atoms with Crippen molar-refractivity contribution in [3.63, 3.8) is 0 Å². The number of morpholine rings is 1. The molecule has 3 heterocycles. The molecule has 32 heavy (non-hydrogen) atoms. The van der Waals surface area contributed by atoms with Crippen molar-refractivity contribution < 1.29 is 19.1 Å². The van der Waals surface area contributed by atoms with Gasteiger partial charge in [0.25, 0.3) is 11.8 Å². The number of carbonyl (C=O) groups is 3.